The van der Waals surface area contributed by atoms with Crippen LogP contribution < -0.4 is 0 Å². The largest absolute Gasteiger partial charge is 0.411 e. The van der Waals surface area contributed by atoms with Crippen LogP contribution in [-0.2, 0) is 0 Å². The molecule has 0 bridgehead atoms. The number of hydrogen-bond donors (Lipinski definition) is 1. The lowest BCUT2D eigenvalue weighted by atomic mass is 10.0. The Morgan fingerprint density at radius 2 is 2.33 bits per heavy atom. The van der Waals surface area contributed by atoms with Gasteiger partial charge in [0.2, 0.25) is 0 Å². The van der Waals surface area contributed by atoms with Crippen LogP contribution in [0.25, 0.3) is 0 Å². The van der Waals surface area contributed by atoms with Crippen molar-refractivity contribution in [2.75, 3.05) is 0 Å². The van der Waals surface area contributed by atoms with E-state index in [1.165, 1.54) is 0 Å². The first-order valence-corrected chi connectivity index (χ1v) is 2.91. The summed E-state index contributed by atoms with van der Waals surface area (Å²) in [7, 11) is 0. The molecular weight excluding hydrogens is 114 g/mol. The molecule has 0 saturated carbocycles. The van der Waals surface area contributed by atoms with Crippen LogP contribution in [-0.4, -0.2) is 10.9 Å². The van der Waals surface area contributed by atoms with Crippen LogP contribution in [0, 0.1) is 5.92 Å². The van der Waals surface area contributed by atoms with E-state index < -0.39 is 0 Å². The average molecular weight is 123 g/mol. The highest BCUT2D eigenvalue weighted by Gasteiger charge is 2.05. The zero-order valence-electron chi connectivity index (χ0n) is 5.28. The van der Waals surface area contributed by atoms with Crippen LogP contribution >= 0.6 is 0 Å². The summed E-state index contributed by atoms with van der Waals surface area (Å²) in [5.74, 6) is 0.250. The first-order chi connectivity index (χ1) is 4.34. The second-order valence-corrected chi connectivity index (χ2v) is 2.06. The van der Waals surface area contributed by atoms with Crippen molar-refractivity contribution in [3.63, 3.8) is 0 Å². The molecule has 0 fully saturated rings. The quantitative estimate of drug-likeness (QED) is 0.385. The minimum atomic E-state index is 0.250. The number of oxime groups is 1. The molecule has 0 saturated heterocycles. The van der Waals surface area contributed by atoms with Crippen molar-refractivity contribution in [3.05, 3.63) is 24.3 Å². The van der Waals surface area contributed by atoms with Crippen molar-refractivity contribution in [1.82, 2.24) is 0 Å². The molecule has 0 spiro atoms. The molecule has 2 nitrogen and oxygen atoms in total. The van der Waals surface area contributed by atoms with Crippen LogP contribution in [0.4, 0.5) is 0 Å². The first-order valence-electron chi connectivity index (χ1n) is 2.91. The molecule has 0 heterocycles. The molecule has 0 aromatic rings. The summed E-state index contributed by atoms with van der Waals surface area (Å²) in [6.45, 7) is 1.98. The van der Waals surface area contributed by atoms with E-state index >= 15 is 0 Å². The van der Waals surface area contributed by atoms with Gasteiger partial charge in [0.25, 0.3) is 0 Å². The smallest absolute Gasteiger partial charge is 0.0861 e. The van der Waals surface area contributed by atoms with Crippen molar-refractivity contribution in [1.29, 1.82) is 0 Å². The van der Waals surface area contributed by atoms with Gasteiger partial charge >= 0.3 is 0 Å². The zero-order chi connectivity index (χ0) is 6.69. The average Bonchev–Trinajstić information content (AvgIpc) is 1.89. The molecule has 1 unspecified atom stereocenters. The van der Waals surface area contributed by atoms with Gasteiger partial charge in [-0.25, -0.2) is 0 Å². The van der Waals surface area contributed by atoms with E-state index in [1.807, 2.05) is 25.2 Å². The van der Waals surface area contributed by atoms with Crippen LogP contribution in [0.5, 0.6) is 0 Å². The van der Waals surface area contributed by atoms with Gasteiger partial charge in [-0.1, -0.05) is 30.3 Å². The molecule has 2 heteroatoms. The van der Waals surface area contributed by atoms with Gasteiger partial charge < -0.3 is 5.21 Å². The molecule has 0 aromatic heterocycles. The van der Waals surface area contributed by atoms with E-state index in [2.05, 4.69) is 5.16 Å². The Balaban J connectivity index is 2.78. The highest BCUT2D eigenvalue weighted by Crippen LogP contribution is 2.06. The predicted octanol–water partition coefficient (Wildman–Crippen LogP) is 1.58. The second kappa shape index (κ2) is 2.49. The van der Waals surface area contributed by atoms with Crippen molar-refractivity contribution in [2.45, 2.75) is 6.92 Å². The van der Waals surface area contributed by atoms with E-state index in [4.69, 9.17) is 5.21 Å². The third-order valence-electron chi connectivity index (χ3n) is 1.36. The summed E-state index contributed by atoms with van der Waals surface area (Å²) in [4.78, 5) is 0. The van der Waals surface area contributed by atoms with Crippen molar-refractivity contribution in [3.8, 4) is 0 Å². The molecule has 0 aliphatic heterocycles. The van der Waals surface area contributed by atoms with Gasteiger partial charge in [0.1, 0.15) is 0 Å². The SMILES string of the molecule is CC1C=CC=CC1=NO. The minimum absolute atomic E-state index is 0.250. The Hall–Kier alpha value is -1.05. The Morgan fingerprint density at radius 3 is 2.78 bits per heavy atom. The Kier molecular flexibility index (Phi) is 1.68. The van der Waals surface area contributed by atoms with Crippen LogP contribution in [0.3, 0.4) is 0 Å². The number of allylic oxidation sites excluding steroid dienone is 4. The molecule has 1 aliphatic rings. The summed E-state index contributed by atoms with van der Waals surface area (Å²) >= 11 is 0. The highest BCUT2D eigenvalue weighted by atomic mass is 16.4. The summed E-state index contributed by atoms with van der Waals surface area (Å²) in [6.07, 6.45) is 7.58. The second-order valence-electron chi connectivity index (χ2n) is 2.06. The molecule has 1 rings (SSSR count). The molecule has 1 atom stereocenters. The first kappa shape index (κ1) is 6.08. The fourth-order valence-corrected chi connectivity index (χ4v) is 0.760. The standard InChI is InChI=1S/C7H9NO/c1-6-4-2-3-5-7(6)8-9/h2-6,9H,1H3. The maximum Gasteiger partial charge on any atom is 0.0861 e. The topological polar surface area (TPSA) is 32.6 Å². The fourth-order valence-electron chi connectivity index (χ4n) is 0.760. The van der Waals surface area contributed by atoms with E-state index in [-0.39, 0.29) is 5.92 Å². The third kappa shape index (κ3) is 1.19. The minimum Gasteiger partial charge on any atom is -0.411 e. The van der Waals surface area contributed by atoms with Gasteiger partial charge in [-0.2, -0.15) is 0 Å². The lowest BCUT2D eigenvalue weighted by molar-refractivity contribution is 0.317. The molecular formula is C7H9NO. The lowest BCUT2D eigenvalue weighted by Crippen LogP contribution is -2.07. The van der Waals surface area contributed by atoms with E-state index in [1.54, 1.807) is 6.08 Å². The van der Waals surface area contributed by atoms with Crippen molar-refractivity contribution >= 4 is 5.71 Å². The molecule has 48 valence electrons. The van der Waals surface area contributed by atoms with Gasteiger partial charge in [0.15, 0.2) is 0 Å². The van der Waals surface area contributed by atoms with Gasteiger partial charge in [0, 0.05) is 5.92 Å². The van der Waals surface area contributed by atoms with E-state index in [0.717, 1.165) is 5.71 Å². The van der Waals surface area contributed by atoms with Gasteiger partial charge in [-0.05, 0) is 6.08 Å². The predicted molar refractivity (Wildman–Crippen MR) is 36.7 cm³/mol. The third-order valence-corrected chi connectivity index (χ3v) is 1.36. The highest BCUT2D eigenvalue weighted by molar-refractivity contribution is 5.98. The van der Waals surface area contributed by atoms with E-state index in [9.17, 15) is 0 Å². The Morgan fingerprint density at radius 1 is 1.56 bits per heavy atom. The molecule has 0 aromatic carbocycles. The number of nitrogens with zero attached hydrogens (tertiary/aromatic N) is 1. The summed E-state index contributed by atoms with van der Waals surface area (Å²) in [6, 6.07) is 0. The molecule has 0 amide bonds. The monoisotopic (exact) mass is 123 g/mol. The number of rotatable bonds is 0. The van der Waals surface area contributed by atoms with Gasteiger partial charge in [0.05, 0.1) is 5.71 Å². The van der Waals surface area contributed by atoms with Gasteiger partial charge in [-0.15, -0.1) is 0 Å². The normalized spacial score (nSPS) is 29.4. The van der Waals surface area contributed by atoms with Crippen LogP contribution in [0.2, 0.25) is 0 Å². The Labute approximate surface area is 54.2 Å². The fraction of sp³-hybridized carbons (Fsp3) is 0.286. The van der Waals surface area contributed by atoms with Crippen LogP contribution in [0.1, 0.15) is 6.92 Å². The van der Waals surface area contributed by atoms with Crippen molar-refractivity contribution < 1.29 is 5.21 Å². The molecule has 1 aliphatic carbocycles. The molecule has 1 N–H and O–H groups in total. The lowest BCUT2D eigenvalue weighted by Gasteiger charge is -2.05. The number of hydrogen-bond acceptors (Lipinski definition) is 2. The molecule has 9 heavy (non-hydrogen) atoms. The van der Waals surface area contributed by atoms with Crippen molar-refractivity contribution in [2.24, 2.45) is 11.1 Å². The summed E-state index contributed by atoms with van der Waals surface area (Å²) < 4.78 is 0. The van der Waals surface area contributed by atoms with Gasteiger partial charge in [-0.3, -0.25) is 0 Å². The summed E-state index contributed by atoms with van der Waals surface area (Å²) in [5, 5.41) is 11.5. The van der Waals surface area contributed by atoms with E-state index in [0.29, 0.717) is 0 Å². The zero-order valence-corrected chi connectivity index (χ0v) is 5.28. The maximum atomic E-state index is 8.36. The Bertz CT molecular complexity index is 179. The summed E-state index contributed by atoms with van der Waals surface area (Å²) in [5.41, 5.74) is 0.720. The molecule has 0 radical (unpaired) electrons. The maximum absolute atomic E-state index is 8.36. The van der Waals surface area contributed by atoms with Crippen LogP contribution in [0.15, 0.2) is 29.5 Å².